The monoisotopic (exact) mass is 388 g/mol. The number of aromatic amines is 1. The van der Waals surface area contributed by atoms with Gasteiger partial charge in [-0.05, 0) is 55.2 Å². The Bertz CT molecular complexity index is 791. The molecule has 3 rings (SSSR count). The first-order valence-electron chi connectivity index (χ1n) is 9.73. The number of benzene rings is 1. The third-order valence-electron chi connectivity index (χ3n) is 5.26. The lowest BCUT2D eigenvalue weighted by Gasteiger charge is -2.10. The molecule has 6 nitrogen and oxygen atoms in total. The van der Waals surface area contributed by atoms with Gasteiger partial charge in [0.2, 0.25) is 5.91 Å². The number of hydrogen-bond acceptors (Lipinski definition) is 4. The summed E-state index contributed by atoms with van der Waals surface area (Å²) < 4.78 is 7.58. The summed E-state index contributed by atoms with van der Waals surface area (Å²) in [5.74, 6) is 2.46. The summed E-state index contributed by atoms with van der Waals surface area (Å²) in [4.78, 5) is 12.2. The quantitative estimate of drug-likeness (QED) is 0.501. The maximum absolute atomic E-state index is 12.2. The highest BCUT2D eigenvalue weighted by molar-refractivity contribution is 7.71. The minimum atomic E-state index is 0.0604. The van der Waals surface area contributed by atoms with Crippen molar-refractivity contribution in [3.05, 3.63) is 29.0 Å². The number of nitrogens with zero attached hydrogens (tertiary/aromatic N) is 2. The Kier molecular flexibility index (Phi) is 7.04. The Hall–Kier alpha value is -2.15. The zero-order valence-electron chi connectivity index (χ0n) is 15.9. The van der Waals surface area contributed by atoms with Crippen LogP contribution < -0.4 is 10.1 Å². The molecule has 7 heteroatoms. The number of carbonyl (C=O) groups is 1. The normalized spacial score (nSPS) is 14.4. The van der Waals surface area contributed by atoms with Crippen LogP contribution in [-0.4, -0.2) is 34.3 Å². The Morgan fingerprint density at radius 2 is 2.07 bits per heavy atom. The van der Waals surface area contributed by atoms with Gasteiger partial charge in [0.25, 0.3) is 0 Å². The first-order valence-corrected chi connectivity index (χ1v) is 10.1. The van der Waals surface area contributed by atoms with Crippen LogP contribution >= 0.6 is 12.2 Å². The number of amides is 1. The predicted octanol–water partition coefficient (Wildman–Crippen LogP) is 4.09. The van der Waals surface area contributed by atoms with Crippen molar-refractivity contribution in [2.75, 3.05) is 13.7 Å². The van der Waals surface area contributed by atoms with Gasteiger partial charge in [-0.25, -0.2) is 0 Å². The van der Waals surface area contributed by atoms with Crippen LogP contribution in [0, 0.1) is 10.7 Å². The molecule has 0 bridgehead atoms. The van der Waals surface area contributed by atoms with E-state index < -0.39 is 0 Å². The number of hydrogen-bond donors (Lipinski definition) is 2. The maximum Gasteiger partial charge on any atom is 0.221 e. The molecule has 1 aromatic carbocycles. The first-order chi connectivity index (χ1) is 13.2. The van der Waals surface area contributed by atoms with Gasteiger partial charge >= 0.3 is 0 Å². The standard InChI is InChI=1S/C20H28N4O2S/c1-26-17-10-8-16(9-11-17)19-22-23-20(27)24(19)14-12-18(25)21-13-4-7-15-5-2-3-6-15/h8-11,15H,2-7,12-14H2,1H3,(H,21,25)(H,23,27). The molecule has 27 heavy (non-hydrogen) atoms. The summed E-state index contributed by atoms with van der Waals surface area (Å²) in [6, 6.07) is 7.63. The van der Waals surface area contributed by atoms with Crippen LogP contribution in [0.15, 0.2) is 24.3 Å². The smallest absolute Gasteiger partial charge is 0.221 e. The van der Waals surface area contributed by atoms with Gasteiger partial charge in [-0.15, -0.1) is 0 Å². The second-order valence-electron chi connectivity index (χ2n) is 7.13. The molecule has 0 atom stereocenters. The zero-order valence-corrected chi connectivity index (χ0v) is 16.7. The lowest BCUT2D eigenvalue weighted by atomic mass is 10.0. The van der Waals surface area contributed by atoms with E-state index in [2.05, 4.69) is 15.5 Å². The van der Waals surface area contributed by atoms with Crippen LogP contribution in [0.3, 0.4) is 0 Å². The maximum atomic E-state index is 12.2. The number of rotatable bonds is 9. The summed E-state index contributed by atoms with van der Waals surface area (Å²) in [5, 5.41) is 10.2. The molecule has 1 aromatic heterocycles. The highest BCUT2D eigenvalue weighted by atomic mass is 32.1. The van der Waals surface area contributed by atoms with E-state index >= 15 is 0 Å². The number of nitrogens with one attached hydrogen (secondary N) is 2. The molecule has 0 spiro atoms. The van der Waals surface area contributed by atoms with Gasteiger partial charge in [-0.3, -0.25) is 14.5 Å². The SMILES string of the molecule is COc1ccc(-c2n[nH]c(=S)n2CCC(=O)NCCCC2CCCC2)cc1. The third kappa shape index (κ3) is 5.42. The fraction of sp³-hybridized carbons (Fsp3) is 0.550. The highest BCUT2D eigenvalue weighted by Crippen LogP contribution is 2.28. The van der Waals surface area contributed by atoms with Crippen molar-refractivity contribution in [2.24, 2.45) is 5.92 Å². The summed E-state index contributed by atoms with van der Waals surface area (Å²) >= 11 is 5.33. The topological polar surface area (TPSA) is 71.9 Å². The molecule has 2 N–H and O–H groups in total. The van der Waals surface area contributed by atoms with E-state index in [0.29, 0.717) is 17.7 Å². The molecule has 1 aliphatic rings. The van der Waals surface area contributed by atoms with Crippen LogP contribution in [0.1, 0.15) is 44.9 Å². The minimum absolute atomic E-state index is 0.0604. The second kappa shape index (κ2) is 9.69. The third-order valence-corrected chi connectivity index (χ3v) is 5.57. The van der Waals surface area contributed by atoms with E-state index in [9.17, 15) is 4.79 Å². The van der Waals surface area contributed by atoms with Gasteiger partial charge in [-0.1, -0.05) is 25.7 Å². The molecule has 0 radical (unpaired) electrons. The molecule has 2 aromatic rings. The van der Waals surface area contributed by atoms with Gasteiger partial charge in [0, 0.05) is 25.1 Å². The summed E-state index contributed by atoms with van der Waals surface area (Å²) in [6.45, 7) is 1.27. The number of aromatic nitrogens is 3. The summed E-state index contributed by atoms with van der Waals surface area (Å²) in [6.07, 6.45) is 8.16. The van der Waals surface area contributed by atoms with Crippen molar-refractivity contribution in [1.29, 1.82) is 0 Å². The van der Waals surface area contributed by atoms with E-state index in [1.165, 1.54) is 32.1 Å². The fourth-order valence-electron chi connectivity index (χ4n) is 3.70. The van der Waals surface area contributed by atoms with Crippen molar-refractivity contribution in [2.45, 2.75) is 51.5 Å². The largest absolute Gasteiger partial charge is 0.497 e. The molecule has 0 aliphatic heterocycles. The lowest BCUT2D eigenvalue weighted by molar-refractivity contribution is -0.121. The van der Waals surface area contributed by atoms with Crippen LogP contribution in [-0.2, 0) is 11.3 Å². The van der Waals surface area contributed by atoms with E-state index in [4.69, 9.17) is 17.0 Å². The summed E-state index contributed by atoms with van der Waals surface area (Å²) in [5.41, 5.74) is 0.931. The molecule has 0 saturated heterocycles. The average molecular weight is 389 g/mol. The van der Waals surface area contributed by atoms with Crippen LogP contribution in [0.25, 0.3) is 11.4 Å². The van der Waals surface area contributed by atoms with Crippen LogP contribution in [0.2, 0.25) is 0 Å². The molecular formula is C20H28N4O2S. The van der Waals surface area contributed by atoms with Crippen molar-refractivity contribution >= 4 is 18.1 Å². The van der Waals surface area contributed by atoms with Crippen molar-refractivity contribution in [3.63, 3.8) is 0 Å². The molecule has 1 aliphatic carbocycles. The number of H-pyrrole nitrogens is 1. The van der Waals surface area contributed by atoms with Crippen molar-refractivity contribution < 1.29 is 9.53 Å². The molecular weight excluding hydrogens is 360 g/mol. The van der Waals surface area contributed by atoms with Gasteiger partial charge < -0.3 is 10.1 Å². The van der Waals surface area contributed by atoms with E-state index in [1.54, 1.807) is 7.11 Å². The van der Waals surface area contributed by atoms with Crippen molar-refractivity contribution in [3.8, 4) is 17.1 Å². The van der Waals surface area contributed by atoms with Gasteiger partial charge in [0.1, 0.15) is 5.75 Å². The Morgan fingerprint density at radius 3 is 2.78 bits per heavy atom. The minimum Gasteiger partial charge on any atom is -0.497 e. The Balaban J connectivity index is 1.49. The average Bonchev–Trinajstić information content (AvgIpc) is 3.33. The molecule has 146 valence electrons. The van der Waals surface area contributed by atoms with E-state index in [1.807, 2.05) is 28.8 Å². The molecule has 1 heterocycles. The van der Waals surface area contributed by atoms with E-state index in [0.717, 1.165) is 36.0 Å². The molecule has 0 unspecified atom stereocenters. The predicted molar refractivity (Wildman–Crippen MR) is 108 cm³/mol. The van der Waals surface area contributed by atoms with Crippen LogP contribution in [0.4, 0.5) is 0 Å². The molecule has 1 amide bonds. The van der Waals surface area contributed by atoms with Crippen LogP contribution in [0.5, 0.6) is 5.75 Å². The Morgan fingerprint density at radius 1 is 1.33 bits per heavy atom. The summed E-state index contributed by atoms with van der Waals surface area (Å²) in [7, 11) is 1.64. The lowest BCUT2D eigenvalue weighted by Crippen LogP contribution is -2.25. The van der Waals surface area contributed by atoms with E-state index in [-0.39, 0.29) is 5.91 Å². The molecule has 1 fully saturated rings. The second-order valence-corrected chi connectivity index (χ2v) is 7.51. The number of ether oxygens (including phenoxy) is 1. The highest BCUT2D eigenvalue weighted by Gasteiger charge is 2.14. The number of carbonyl (C=O) groups excluding carboxylic acids is 1. The number of methoxy groups -OCH3 is 1. The zero-order chi connectivity index (χ0) is 19.1. The van der Waals surface area contributed by atoms with Gasteiger partial charge in [-0.2, -0.15) is 5.10 Å². The Labute approximate surface area is 165 Å². The van der Waals surface area contributed by atoms with Crippen molar-refractivity contribution in [1.82, 2.24) is 20.1 Å². The van der Waals surface area contributed by atoms with Gasteiger partial charge in [0.15, 0.2) is 10.6 Å². The molecule has 1 saturated carbocycles. The van der Waals surface area contributed by atoms with Gasteiger partial charge in [0.05, 0.1) is 7.11 Å². The fourth-order valence-corrected chi connectivity index (χ4v) is 3.93. The first kappa shape index (κ1) is 19.6.